The molecule has 0 unspecified atom stereocenters. The van der Waals surface area contributed by atoms with E-state index in [-0.39, 0.29) is 41.9 Å². The van der Waals surface area contributed by atoms with Crippen LogP contribution >= 0.6 is 0 Å². The molecule has 2 aromatic rings. The molecule has 3 aliphatic rings. The molecule has 0 spiro atoms. The van der Waals surface area contributed by atoms with Gasteiger partial charge in [0.15, 0.2) is 0 Å². The van der Waals surface area contributed by atoms with Gasteiger partial charge in [0.25, 0.3) is 0 Å². The number of likely N-dealkylation sites (tertiary alicyclic amines) is 1. The molecule has 5 rings (SSSR count). The predicted molar refractivity (Wildman–Crippen MR) is 196 cm³/mol. The summed E-state index contributed by atoms with van der Waals surface area (Å²) in [4.78, 5) is 55.2. The smallest absolute Gasteiger partial charge is 0.407 e. The van der Waals surface area contributed by atoms with Gasteiger partial charge in [-0.3, -0.25) is 9.59 Å². The molecule has 1 aromatic heterocycles. The first kappa shape index (κ1) is 39.5. The quantitative estimate of drug-likeness (QED) is 0.149. The zero-order valence-corrected chi connectivity index (χ0v) is 31.4. The second kappa shape index (κ2) is 18.4. The summed E-state index contributed by atoms with van der Waals surface area (Å²) in [5.74, 6) is -0.565. The van der Waals surface area contributed by atoms with Gasteiger partial charge in [0, 0.05) is 36.8 Å². The lowest BCUT2D eigenvalue weighted by Crippen LogP contribution is -2.50. The average Bonchev–Trinajstić information content (AvgIpc) is 3.77. The average molecular weight is 728 g/mol. The first-order valence-electron chi connectivity index (χ1n) is 19.4. The number of nitrogens with one attached hydrogen (secondary N) is 2. The number of rotatable bonds is 14. The van der Waals surface area contributed by atoms with Crippen molar-refractivity contribution in [3.8, 4) is 0 Å². The van der Waals surface area contributed by atoms with Gasteiger partial charge in [-0.25, -0.2) is 14.0 Å². The monoisotopic (exact) mass is 727 g/mol. The van der Waals surface area contributed by atoms with Crippen LogP contribution in [0.5, 0.6) is 0 Å². The Morgan fingerprint density at radius 3 is 2.38 bits per heavy atom. The van der Waals surface area contributed by atoms with Crippen LogP contribution in [0.1, 0.15) is 115 Å². The Labute approximate surface area is 307 Å². The van der Waals surface area contributed by atoms with Crippen LogP contribution in [0.3, 0.4) is 0 Å². The van der Waals surface area contributed by atoms with E-state index in [0.717, 1.165) is 38.5 Å². The molecule has 0 radical (unpaired) electrons. The molecule has 1 saturated heterocycles. The highest BCUT2D eigenvalue weighted by molar-refractivity contribution is 6.00. The minimum atomic E-state index is -0.703. The third kappa shape index (κ3) is 10.5. The Balaban J connectivity index is 1.23. The normalized spacial score (nSPS) is 23.3. The number of ether oxygens (including phenoxy) is 3. The SMILES string of the molecule is CCOCCCCOC(=O)c1cc2cc(NC(=O)[C@@H]3[C@H](C4CCCCC4)CCN3C(=O)C3CCC([C@@H](CF)NC(=O)OC(C)(C)C)CC3)ccc2o1. The molecule has 3 fully saturated rings. The van der Waals surface area contributed by atoms with Gasteiger partial charge >= 0.3 is 12.1 Å². The van der Waals surface area contributed by atoms with Gasteiger partial charge in [-0.2, -0.15) is 0 Å². The van der Waals surface area contributed by atoms with E-state index in [2.05, 4.69) is 10.6 Å². The summed E-state index contributed by atoms with van der Waals surface area (Å²) in [7, 11) is 0. The van der Waals surface area contributed by atoms with Crippen LogP contribution in [-0.4, -0.2) is 79.5 Å². The van der Waals surface area contributed by atoms with E-state index in [4.69, 9.17) is 18.6 Å². The zero-order chi connectivity index (χ0) is 37.3. The Hall–Kier alpha value is -3.67. The minimum absolute atomic E-state index is 0.0138. The molecule has 2 aliphatic carbocycles. The third-order valence-electron chi connectivity index (χ3n) is 10.9. The van der Waals surface area contributed by atoms with Crippen molar-refractivity contribution in [1.29, 1.82) is 0 Å². The van der Waals surface area contributed by atoms with Crippen LogP contribution in [-0.2, 0) is 23.8 Å². The molecule has 52 heavy (non-hydrogen) atoms. The maximum Gasteiger partial charge on any atom is 0.407 e. The van der Waals surface area contributed by atoms with Crippen LogP contribution in [0.2, 0.25) is 0 Å². The topological polar surface area (TPSA) is 136 Å². The van der Waals surface area contributed by atoms with E-state index in [1.807, 2.05) is 11.8 Å². The van der Waals surface area contributed by atoms with Crippen LogP contribution < -0.4 is 10.6 Å². The van der Waals surface area contributed by atoms with Gasteiger partial charge in [-0.05, 0) is 115 Å². The first-order chi connectivity index (χ1) is 25.0. The number of hydrogen-bond donors (Lipinski definition) is 2. The van der Waals surface area contributed by atoms with Gasteiger partial charge in [0.2, 0.25) is 17.6 Å². The number of alkyl halides is 1. The van der Waals surface area contributed by atoms with E-state index in [0.29, 0.717) is 74.4 Å². The number of nitrogens with zero attached hydrogens (tertiary/aromatic N) is 1. The lowest BCUT2D eigenvalue weighted by atomic mass is 9.76. The van der Waals surface area contributed by atoms with Gasteiger partial charge in [-0.15, -0.1) is 0 Å². The van der Waals surface area contributed by atoms with Crippen molar-refractivity contribution in [2.45, 2.75) is 122 Å². The number of hydrogen-bond acceptors (Lipinski definition) is 8. The van der Waals surface area contributed by atoms with Crippen LogP contribution in [0.25, 0.3) is 11.0 Å². The fraction of sp³-hybridized carbons (Fsp3) is 0.700. The summed E-state index contributed by atoms with van der Waals surface area (Å²) in [6, 6.07) is 5.61. The Morgan fingerprint density at radius 2 is 1.69 bits per heavy atom. The molecule has 12 heteroatoms. The summed E-state index contributed by atoms with van der Waals surface area (Å²) >= 11 is 0. The third-order valence-corrected chi connectivity index (χ3v) is 10.9. The second-order valence-electron chi connectivity index (χ2n) is 15.7. The Kier molecular flexibility index (Phi) is 14.0. The standard InChI is InChI=1S/C40H58FN3O8/c1-5-49-21-9-10-22-50-38(47)34-24-29-23-30(17-18-33(29)51-34)42-36(45)35-31(26-11-7-6-8-12-26)19-20-44(35)37(46)28-15-13-27(14-16-28)32(25-41)43-39(48)52-40(2,3)4/h17-18,23-24,26-28,31-32,35H,5-16,19-22,25H2,1-4H3,(H,42,45)(H,43,48)/t27?,28?,31-,32+,35-/m0/s1. The number of carbonyl (C=O) groups is 4. The molecular formula is C40H58FN3O8. The summed E-state index contributed by atoms with van der Waals surface area (Å²) in [6.45, 7) is 8.61. The number of carbonyl (C=O) groups excluding carboxylic acids is 4. The molecule has 2 saturated carbocycles. The number of anilines is 1. The van der Waals surface area contributed by atoms with Crippen LogP contribution in [0, 0.1) is 23.7 Å². The van der Waals surface area contributed by atoms with Crippen molar-refractivity contribution < 1.29 is 42.2 Å². The number of alkyl carbamates (subject to hydrolysis) is 1. The number of unbranched alkanes of at least 4 members (excludes halogenated alkanes) is 1. The van der Waals surface area contributed by atoms with Crippen molar-refractivity contribution in [2.75, 3.05) is 38.4 Å². The zero-order valence-electron chi connectivity index (χ0n) is 31.4. The van der Waals surface area contributed by atoms with Crippen molar-refractivity contribution in [1.82, 2.24) is 10.2 Å². The number of halogens is 1. The maximum atomic E-state index is 14.2. The molecule has 3 atom stereocenters. The lowest BCUT2D eigenvalue weighted by molar-refractivity contribution is -0.142. The molecule has 288 valence electrons. The summed E-state index contributed by atoms with van der Waals surface area (Å²) < 4.78 is 35.9. The van der Waals surface area contributed by atoms with E-state index in [1.165, 1.54) is 6.42 Å². The minimum Gasteiger partial charge on any atom is -0.460 e. The number of benzene rings is 1. The number of esters is 1. The molecule has 2 N–H and O–H groups in total. The Bertz CT molecular complexity index is 1510. The molecule has 2 heterocycles. The molecular weight excluding hydrogens is 669 g/mol. The van der Waals surface area contributed by atoms with Gasteiger partial charge < -0.3 is 34.2 Å². The highest BCUT2D eigenvalue weighted by Gasteiger charge is 2.47. The van der Waals surface area contributed by atoms with Crippen LogP contribution in [0.15, 0.2) is 28.7 Å². The van der Waals surface area contributed by atoms with Crippen molar-refractivity contribution >= 4 is 40.5 Å². The predicted octanol–water partition coefficient (Wildman–Crippen LogP) is 7.81. The van der Waals surface area contributed by atoms with Crippen LogP contribution in [0.4, 0.5) is 14.9 Å². The summed E-state index contributed by atoms with van der Waals surface area (Å²) in [5.41, 5.74) is 0.384. The number of fused-ring (bicyclic) bond motifs is 1. The highest BCUT2D eigenvalue weighted by Crippen LogP contribution is 2.41. The Morgan fingerprint density at radius 1 is 0.962 bits per heavy atom. The van der Waals surface area contributed by atoms with Gasteiger partial charge in [0.05, 0.1) is 12.6 Å². The summed E-state index contributed by atoms with van der Waals surface area (Å²) in [6.07, 6.45) is 9.58. The van der Waals surface area contributed by atoms with Crippen molar-refractivity contribution in [3.63, 3.8) is 0 Å². The van der Waals surface area contributed by atoms with E-state index in [9.17, 15) is 23.6 Å². The molecule has 11 nitrogen and oxygen atoms in total. The molecule has 3 amide bonds. The largest absolute Gasteiger partial charge is 0.460 e. The van der Waals surface area contributed by atoms with Crippen molar-refractivity contribution in [3.05, 3.63) is 30.0 Å². The van der Waals surface area contributed by atoms with E-state index >= 15 is 0 Å². The molecule has 0 bridgehead atoms. The van der Waals surface area contributed by atoms with Gasteiger partial charge in [-0.1, -0.05) is 32.1 Å². The fourth-order valence-electron chi connectivity index (χ4n) is 8.32. The fourth-order valence-corrected chi connectivity index (χ4v) is 8.32. The van der Waals surface area contributed by atoms with Crippen molar-refractivity contribution in [2.24, 2.45) is 23.7 Å². The van der Waals surface area contributed by atoms with E-state index < -0.39 is 36.4 Å². The summed E-state index contributed by atoms with van der Waals surface area (Å²) in [5, 5.41) is 6.45. The molecule has 1 aliphatic heterocycles. The first-order valence-corrected chi connectivity index (χ1v) is 19.4. The maximum absolute atomic E-state index is 14.2. The number of furan rings is 1. The lowest BCUT2D eigenvalue weighted by Gasteiger charge is -2.37. The van der Waals surface area contributed by atoms with Gasteiger partial charge in [0.1, 0.15) is 23.9 Å². The highest BCUT2D eigenvalue weighted by atomic mass is 19.1. The molecule has 1 aromatic carbocycles. The number of amides is 3. The second-order valence-corrected chi connectivity index (χ2v) is 15.7. The van der Waals surface area contributed by atoms with E-state index in [1.54, 1.807) is 45.0 Å².